The van der Waals surface area contributed by atoms with Crippen molar-refractivity contribution in [3.8, 4) is 0 Å². The van der Waals surface area contributed by atoms with Crippen LogP contribution in [-0.2, 0) is 80.6 Å². The van der Waals surface area contributed by atoms with E-state index in [4.69, 9.17) is 71.1 Å². The fraction of sp³-hybridized carbons (Fsp3) is 0.962. The summed E-state index contributed by atoms with van der Waals surface area (Å²) in [4.78, 5) is 25.7. The molecule has 0 aromatic carbocycles. The second kappa shape index (κ2) is 33.9. The molecule has 1 unspecified atom stereocenters. The minimum Gasteiger partial charge on any atom is -0.394 e. The molecule has 0 spiro atoms. The van der Waals surface area contributed by atoms with Crippen molar-refractivity contribution < 1.29 is 203 Å². The van der Waals surface area contributed by atoms with Gasteiger partial charge in [0.25, 0.3) is 0 Å². The number of hydrogen-bond acceptors (Lipinski definition) is 41. The number of ether oxygens (including phenoxy) is 15. The Morgan fingerprint density at radius 2 is 0.547 bits per heavy atom. The summed E-state index contributed by atoms with van der Waals surface area (Å²) in [5.74, 6) is -1.84. The molecule has 8 aliphatic rings. The summed E-state index contributed by atoms with van der Waals surface area (Å²) >= 11 is 0. The molecule has 8 fully saturated rings. The lowest BCUT2D eigenvalue weighted by molar-refractivity contribution is -0.389. The number of aliphatic hydroxyl groups excluding tert-OH is 24. The van der Waals surface area contributed by atoms with Crippen molar-refractivity contribution in [3.63, 3.8) is 0 Å². The van der Waals surface area contributed by atoms with E-state index in [2.05, 4.69) is 10.6 Å². The minimum atomic E-state index is -2.37. The fourth-order valence-corrected chi connectivity index (χ4v) is 12.2. The van der Waals surface area contributed by atoms with Crippen molar-refractivity contribution in [2.24, 2.45) is 0 Å². The normalized spacial score (nSPS) is 50.8. The molecule has 95 heavy (non-hydrogen) atoms. The van der Waals surface area contributed by atoms with Gasteiger partial charge in [-0.1, -0.05) is 0 Å². The standard InChI is InChI=1S/C52H88N2O41/c1-11(62)53-21-28(69)39(90-50-36(77)42(25(66)15(5-57)85-50)94-48-34(75)30(71)23(64)13(3-55)83-48)18(8-60)87-46(21)81-10-20-27(68)44(38(79)52(89-20)92-41-17(7-59)82-45(80)33(74)32(41)73)93-47-22(54-12(2)63)29(70)40(19(9-61)88-47)91-51-37(78)43(26(67)16(6-58)86-51)95-49-35(76)31(72)24(65)14(4-56)84-49/h13-52,55-61,64-80H,3-10H2,1-2H3,(H,53,62)(H,54,63)/t13-,14-,15-,16-,17-,18-,19-,20-,21-,22-,23+,24+,25+,26+,27+,28-,29-,30+,31+,32-,33-,34-,35-,36-,37-,38-,39-,40-,41-,42+,43+,44+,45?,46-,47+,48+,49+,50+,51+,52+/m1/s1. The molecule has 8 rings (SSSR count). The zero-order chi connectivity index (χ0) is 69.9. The maximum absolute atomic E-state index is 12.9. The van der Waals surface area contributed by atoms with Gasteiger partial charge in [-0.2, -0.15) is 0 Å². The number of amides is 2. The van der Waals surface area contributed by atoms with Gasteiger partial charge in [-0.05, 0) is 0 Å². The quantitative estimate of drug-likeness (QED) is 0.0427. The average Bonchev–Trinajstić information content (AvgIpc) is 0.779. The molecule has 0 aromatic rings. The van der Waals surface area contributed by atoms with E-state index in [-0.39, 0.29) is 0 Å². The maximum Gasteiger partial charge on any atom is 0.217 e. The number of carbonyl (C=O) groups is 2. The minimum absolute atomic E-state index is 0.895. The van der Waals surface area contributed by atoms with Crippen LogP contribution >= 0.6 is 0 Å². The Bertz CT molecular complexity index is 2380. The molecule has 43 heteroatoms. The van der Waals surface area contributed by atoms with Crippen LogP contribution in [0.15, 0.2) is 0 Å². The molecule has 0 saturated carbocycles. The van der Waals surface area contributed by atoms with Crippen LogP contribution in [0.1, 0.15) is 13.8 Å². The molecule has 8 saturated heterocycles. The lowest BCUT2D eigenvalue weighted by Crippen LogP contribution is -2.70. The number of rotatable bonds is 24. The van der Waals surface area contributed by atoms with E-state index in [0.717, 1.165) is 13.8 Å². The largest absolute Gasteiger partial charge is 0.394 e. The Labute approximate surface area is 536 Å². The fourth-order valence-electron chi connectivity index (χ4n) is 12.2. The molecule has 2 amide bonds. The average molecular weight is 1400 g/mol. The SMILES string of the molecule is CC(=O)N[C@H]1[C@H](OC[C@H]2O[C@@H](O[C@H]3[C@H](O)[C@@H](O)C(O)O[C@@H]3CO)[C@H](O)[C@@H](O[C@@H]3O[C@H](CO)[C@@H](O[C@@H]4O[C@H](CO)[C@H](O)[C@H](O[C@@H]5O[C@H](CO)[C@H](O)[C@H](O)[C@H]5O)[C@H]4O)[C@H](O)[C@H]3NC(C)=O)[C@H]2O)O[C@H](CO)[C@@H](O[C@@H]2O[C@H](CO)[C@H](O)[C@H](O[C@@H]3O[C@H](CO)[C@H](O)[C@H](O)[C@H]3O)[C@H]2O)[C@@H]1O. The molecule has 0 aliphatic carbocycles. The van der Waals surface area contributed by atoms with Gasteiger partial charge in [0.1, 0.15) is 195 Å². The van der Waals surface area contributed by atoms with Gasteiger partial charge in [0.15, 0.2) is 50.3 Å². The molecular formula is C52H88N2O41. The van der Waals surface area contributed by atoms with Crippen LogP contribution in [0.4, 0.5) is 0 Å². The number of aliphatic hydroxyl groups is 24. The number of nitrogens with one attached hydrogen (secondary N) is 2. The van der Waals surface area contributed by atoms with Crippen LogP contribution in [0, 0.1) is 0 Å². The van der Waals surface area contributed by atoms with E-state index in [9.17, 15) is 132 Å². The van der Waals surface area contributed by atoms with Gasteiger partial charge in [0.05, 0.1) is 52.9 Å². The van der Waals surface area contributed by atoms with E-state index in [1.165, 1.54) is 0 Å². The highest BCUT2D eigenvalue weighted by Crippen LogP contribution is 2.38. The Kier molecular flexibility index (Phi) is 27.9. The van der Waals surface area contributed by atoms with Gasteiger partial charge in [0, 0.05) is 13.8 Å². The van der Waals surface area contributed by atoms with E-state index >= 15 is 0 Å². The van der Waals surface area contributed by atoms with Crippen LogP contribution in [0.5, 0.6) is 0 Å². The van der Waals surface area contributed by atoms with Crippen molar-refractivity contribution in [1.82, 2.24) is 10.6 Å². The molecule has 40 atom stereocenters. The topological polar surface area (TPSA) is 682 Å². The number of carbonyl (C=O) groups excluding carboxylic acids is 2. The molecular weight excluding hydrogens is 1310 g/mol. The van der Waals surface area contributed by atoms with Crippen LogP contribution in [0.25, 0.3) is 0 Å². The summed E-state index contributed by atoms with van der Waals surface area (Å²) in [5, 5.41) is 264. The van der Waals surface area contributed by atoms with Crippen LogP contribution < -0.4 is 10.6 Å². The lowest BCUT2D eigenvalue weighted by atomic mass is 9.94. The second-order valence-electron chi connectivity index (χ2n) is 23.9. The molecule has 8 heterocycles. The predicted octanol–water partition coefficient (Wildman–Crippen LogP) is -18.2. The third-order valence-corrected chi connectivity index (χ3v) is 17.4. The van der Waals surface area contributed by atoms with Gasteiger partial charge in [-0.15, -0.1) is 0 Å². The Morgan fingerprint density at radius 3 is 0.916 bits per heavy atom. The molecule has 0 aromatic heterocycles. The zero-order valence-electron chi connectivity index (χ0n) is 50.4. The number of hydrogen-bond donors (Lipinski definition) is 26. The first-order valence-corrected chi connectivity index (χ1v) is 30.1. The van der Waals surface area contributed by atoms with Crippen molar-refractivity contribution in [2.45, 2.75) is 259 Å². The third kappa shape index (κ3) is 16.8. The molecule has 0 bridgehead atoms. The van der Waals surface area contributed by atoms with Crippen molar-refractivity contribution in [2.75, 3.05) is 52.9 Å². The smallest absolute Gasteiger partial charge is 0.217 e. The summed E-state index contributed by atoms with van der Waals surface area (Å²) in [7, 11) is 0. The van der Waals surface area contributed by atoms with Gasteiger partial charge in [-0.25, -0.2) is 0 Å². The highest BCUT2D eigenvalue weighted by Gasteiger charge is 2.59. The second-order valence-corrected chi connectivity index (χ2v) is 23.9. The van der Waals surface area contributed by atoms with Crippen LogP contribution in [0.2, 0.25) is 0 Å². The first-order valence-electron chi connectivity index (χ1n) is 30.1. The van der Waals surface area contributed by atoms with Crippen molar-refractivity contribution in [3.05, 3.63) is 0 Å². The van der Waals surface area contributed by atoms with Gasteiger partial charge in [0.2, 0.25) is 11.8 Å². The highest BCUT2D eigenvalue weighted by atomic mass is 16.8. The molecule has 0 radical (unpaired) electrons. The third-order valence-electron chi connectivity index (χ3n) is 17.4. The summed E-state index contributed by atoms with van der Waals surface area (Å²) < 4.78 is 86.1. The monoisotopic (exact) mass is 1400 g/mol. The summed E-state index contributed by atoms with van der Waals surface area (Å²) in [6.07, 6.45) is -75.9. The Balaban J connectivity index is 1.03. The Morgan fingerprint density at radius 1 is 0.274 bits per heavy atom. The summed E-state index contributed by atoms with van der Waals surface area (Å²) in [5.41, 5.74) is 0. The zero-order valence-corrected chi connectivity index (χ0v) is 50.4. The molecule has 8 aliphatic heterocycles. The Hall–Kier alpha value is -2.62. The van der Waals surface area contributed by atoms with Crippen LogP contribution in [0.3, 0.4) is 0 Å². The maximum atomic E-state index is 12.9. The van der Waals surface area contributed by atoms with Crippen molar-refractivity contribution in [1.29, 1.82) is 0 Å². The van der Waals surface area contributed by atoms with E-state index in [1.54, 1.807) is 0 Å². The van der Waals surface area contributed by atoms with E-state index in [1.807, 2.05) is 0 Å². The first kappa shape index (κ1) is 78.1. The lowest BCUT2D eigenvalue weighted by Gasteiger charge is -2.50. The van der Waals surface area contributed by atoms with Gasteiger partial charge in [-0.3, -0.25) is 9.59 Å². The highest BCUT2D eigenvalue weighted by molar-refractivity contribution is 5.73. The first-order chi connectivity index (χ1) is 45.0. The molecule has 552 valence electrons. The molecule has 26 N–H and O–H groups in total. The van der Waals surface area contributed by atoms with E-state index < -0.39 is 310 Å². The summed E-state index contributed by atoms with van der Waals surface area (Å²) in [6, 6.07) is -3.76. The van der Waals surface area contributed by atoms with Gasteiger partial charge < -0.3 is 204 Å². The predicted molar refractivity (Wildman–Crippen MR) is 288 cm³/mol. The van der Waals surface area contributed by atoms with Crippen LogP contribution in [-0.4, -0.2) is 433 Å². The molecule has 43 nitrogen and oxygen atoms in total. The van der Waals surface area contributed by atoms with Crippen molar-refractivity contribution >= 4 is 11.8 Å². The summed E-state index contributed by atoms with van der Waals surface area (Å²) in [6.45, 7) is -6.29. The van der Waals surface area contributed by atoms with E-state index in [0.29, 0.717) is 0 Å². The van der Waals surface area contributed by atoms with Gasteiger partial charge >= 0.3 is 0 Å².